The molecule has 0 aliphatic heterocycles. The molecule has 6 heteroatoms. The van der Waals surface area contributed by atoms with Crippen molar-refractivity contribution in [3.63, 3.8) is 0 Å². The highest BCUT2D eigenvalue weighted by molar-refractivity contribution is 5.91. The Labute approximate surface area is 141 Å². The zero-order valence-electron chi connectivity index (χ0n) is 14.1. The maximum atomic E-state index is 11.7. The summed E-state index contributed by atoms with van der Waals surface area (Å²) in [6.45, 7) is 5.47. The summed E-state index contributed by atoms with van der Waals surface area (Å²) in [7, 11) is 0. The second-order valence-corrected chi connectivity index (χ2v) is 5.97. The SMILES string of the molecule is CC(=O)Nc1cccc(Nc2ccc(NC(=O)CC(C)C)cn2)c1. The van der Waals surface area contributed by atoms with E-state index in [1.807, 2.05) is 38.1 Å². The molecular weight excluding hydrogens is 304 g/mol. The van der Waals surface area contributed by atoms with E-state index in [4.69, 9.17) is 0 Å². The molecule has 0 aliphatic carbocycles. The van der Waals surface area contributed by atoms with Crippen LogP contribution in [0.1, 0.15) is 27.2 Å². The molecule has 2 amide bonds. The Morgan fingerprint density at radius 3 is 2.42 bits per heavy atom. The molecule has 2 aromatic rings. The molecular formula is C18H22N4O2. The second kappa shape index (κ2) is 8.10. The number of hydrogen-bond acceptors (Lipinski definition) is 4. The van der Waals surface area contributed by atoms with E-state index < -0.39 is 0 Å². The van der Waals surface area contributed by atoms with E-state index in [1.54, 1.807) is 18.3 Å². The van der Waals surface area contributed by atoms with Gasteiger partial charge in [-0.2, -0.15) is 0 Å². The molecule has 1 heterocycles. The lowest BCUT2D eigenvalue weighted by Gasteiger charge is -2.10. The number of anilines is 4. The summed E-state index contributed by atoms with van der Waals surface area (Å²) in [5.41, 5.74) is 2.19. The summed E-state index contributed by atoms with van der Waals surface area (Å²) in [5, 5.41) is 8.70. The topological polar surface area (TPSA) is 83.1 Å². The maximum Gasteiger partial charge on any atom is 0.224 e. The molecule has 0 radical (unpaired) electrons. The Bertz CT molecular complexity index is 711. The van der Waals surface area contributed by atoms with Crippen LogP contribution in [0.5, 0.6) is 0 Å². The monoisotopic (exact) mass is 326 g/mol. The molecule has 3 N–H and O–H groups in total. The van der Waals surface area contributed by atoms with Crippen molar-refractivity contribution in [3.8, 4) is 0 Å². The van der Waals surface area contributed by atoms with Crippen molar-refractivity contribution in [2.45, 2.75) is 27.2 Å². The molecule has 0 atom stereocenters. The Morgan fingerprint density at radius 1 is 1.04 bits per heavy atom. The predicted octanol–water partition coefficient (Wildman–Crippen LogP) is 3.77. The summed E-state index contributed by atoms with van der Waals surface area (Å²) in [4.78, 5) is 27.1. The van der Waals surface area contributed by atoms with Crippen molar-refractivity contribution < 1.29 is 9.59 Å². The van der Waals surface area contributed by atoms with Gasteiger partial charge in [0.25, 0.3) is 0 Å². The summed E-state index contributed by atoms with van der Waals surface area (Å²) < 4.78 is 0. The Hall–Kier alpha value is -2.89. The first-order valence-corrected chi connectivity index (χ1v) is 7.83. The van der Waals surface area contributed by atoms with Crippen LogP contribution in [-0.2, 0) is 9.59 Å². The number of carbonyl (C=O) groups is 2. The Morgan fingerprint density at radius 2 is 1.79 bits per heavy atom. The molecule has 1 aromatic heterocycles. The van der Waals surface area contributed by atoms with Gasteiger partial charge in [-0.25, -0.2) is 4.98 Å². The number of aromatic nitrogens is 1. The van der Waals surface area contributed by atoms with Crippen LogP contribution in [0.2, 0.25) is 0 Å². The van der Waals surface area contributed by atoms with E-state index in [1.165, 1.54) is 6.92 Å². The van der Waals surface area contributed by atoms with Crippen molar-refractivity contribution >= 4 is 34.7 Å². The molecule has 0 unspecified atom stereocenters. The number of carbonyl (C=O) groups excluding carboxylic acids is 2. The van der Waals surface area contributed by atoms with Gasteiger partial charge in [0.15, 0.2) is 0 Å². The third-order valence-corrected chi connectivity index (χ3v) is 3.10. The summed E-state index contributed by atoms with van der Waals surface area (Å²) >= 11 is 0. The minimum atomic E-state index is -0.119. The molecule has 0 saturated heterocycles. The van der Waals surface area contributed by atoms with Crippen LogP contribution >= 0.6 is 0 Å². The van der Waals surface area contributed by atoms with E-state index in [0.29, 0.717) is 29.5 Å². The summed E-state index contributed by atoms with van der Waals surface area (Å²) in [5.74, 6) is 0.828. The van der Waals surface area contributed by atoms with Crippen molar-refractivity contribution in [1.29, 1.82) is 0 Å². The van der Waals surface area contributed by atoms with Crippen LogP contribution < -0.4 is 16.0 Å². The third-order valence-electron chi connectivity index (χ3n) is 3.10. The maximum absolute atomic E-state index is 11.7. The molecule has 126 valence electrons. The van der Waals surface area contributed by atoms with Crippen LogP contribution in [0, 0.1) is 5.92 Å². The predicted molar refractivity (Wildman–Crippen MR) is 96.4 cm³/mol. The van der Waals surface area contributed by atoms with Gasteiger partial charge in [-0.1, -0.05) is 19.9 Å². The van der Waals surface area contributed by atoms with Gasteiger partial charge in [0.1, 0.15) is 5.82 Å². The van der Waals surface area contributed by atoms with Crippen LogP contribution in [-0.4, -0.2) is 16.8 Å². The number of nitrogens with one attached hydrogen (secondary N) is 3. The molecule has 24 heavy (non-hydrogen) atoms. The van der Waals surface area contributed by atoms with Gasteiger partial charge in [0.05, 0.1) is 11.9 Å². The zero-order chi connectivity index (χ0) is 17.5. The Kier molecular flexibility index (Phi) is 5.89. The average molecular weight is 326 g/mol. The van der Waals surface area contributed by atoms with E-state index in [9.17, 15) is 9.59 Å². The van der Waals surface area contributed by atoms with E-state index in [-0.39, 0.29) is 11.8 Å². The van der Waals surface area contributed by atoms with Crippen molar-refractivity contribution in [2.75, 3.05) is 16.0 Å². The van der Waals surface area contributed by atoms with Crippen molar-refractivity contribution in [2.24, 2.45) is 5.92 Å². The standard InChI is InChI=1S/C18H22N4O2/c1-12(2)9-18(24)22-16-7-8-17(19-11-16)21-15-6-4-5-14(10-15)20-13(3)23/h4-8,10-12H,9H2,1-3H3,(H,19,21)(H,20,23)(H,22,24). The molecule has 2 rings (SSSR count). The molecule has 0 aliphatic rings. The fraction of sp³-hybridized carbons (Fsp3) is 0.278. The first-order chi connectivity index (χ1) is 11.4. The van der Waals surface area contributed by atoms with E-state index in [2.05, 4.69) is 20.9 Å². The van der Waals surface area contributed by atoms with Gasteiger partial charge in [0, 0.05) is 24.7 Å². The normalized spacial score (nSPS) is 10.3. The fourth-order valence-corrected chi connectivity index (χ4v) is 2.15. The minimum absolute atomic E-state index is 0.0180. The van der Waals surface area contributed by atoms with E-state index in [0.717, 1.165) is 5.69 Å². The van der Waals surface area contributed by atoms with Gasteiger partial charge >= 0.3 is 0 Å². The van der Waals surface area contributed by atoms with Crippen LogP contribution in [0.15, 0.2) is 42.6 Å². The van der Waals surface area contributed by atoms with Gasteiger partial charge in [-0.3, -0.25) is 9.59 Å². The number of rotatable bonds is 6. The molecule has 0 fully saturated rings. The lowest BCUT2D eigenvalue weighted by Crippen LogP contribution is -2.13. The highest BCUT2D eigenvalue weighted by atomic mass is 16.2. The lowest BCUT2D eigenvalue weighted by atomic mass is 10.1. The van der Waals surface area contributed by atoms with Gasteiger partial charge in [-0.15, -0.1) is 0 Å². The number of hydrogen-bond donors (Lipinski definition) is 3. The highest BCUT2D eigenvalue weighted by Gasteiger charge is 2.06. The molecule has 1 aromatic carbocycles. The van der Waals surface area contributed by atoms with Gasteiger partial charge in [-0.05, 0) is 36.2 Å². The highest BCUT2D eigenvalue weighted by Crippen LogP contribution is 2.20. The summed E-state index contributed by atoms with van der Waals surface area (Å²) in [6.07, 6.45) is 2.09. The van der Waals surface area contributed by atoms with Crippen molar-refractivity contribution in [3.05, 3.63) is 42.6 Å². The molecule has 0 saturated carbocycles. The average Bonchev–Trinajstić information content (AvgIpc) is 2.48. The molecule has 0 bridgehead atoms. The number of pyridine rings is 1. The largest absolute Gasteiger partial charge is 0.340 e. The number of nitrogens with zero attached hydrogens (tertiary/aromatic N) is 1. The van der Waals surface area contributed by atoms with Crippen LogP contribution in [0.25, 0.3) is 0 Å². The first-order valence-electron chi connectivity index (χ1n) is 7.83. The quantitative estimate of drug-likeness (QED) is 0.754. The van der Waals surface area contributed by atoms with Crippen molar-refractivity contribution in [1.82, 2.24) is 4.98 Å². The number of benzene rings is 1. The molecule has 6 nitrogen and oxygen atoms in total. The van der Waals surface area contributed by atoms with E-state index >= 15 is 0 Å². The third kappa shape index (κ3) is 5.72. The van der Waals surface area contributed by atoms with Crippen LogP contribution in [0.4, 0.5) is 22.9 Å². The summed E-state index contributed by atoms with van der Waals surface area (Å²) in [6, 6.07) is 10.9. The first kappa shape index (κ1) is 17.5. The van der Waals surface area contributed by atoms with Gasteiger partial charge in [0.2, 0.25) is 11.8 Å². The smallest absolute Gasteiger partial charge is 0.224 e. The van der Waals surface area contributed by atoms with Crippen LogP contribution in [0.3, 0.4) is 0 Å². The minimum Gasteiger partial charge on any atom is -0.340 e. The molecule has 0 spiro atoms. The second-order valence-electron chi connectivity index (χ2n) is 5.97. The fourth-order valence-electron chi connectivity index (χ4n) is 2.15. The lowest BCUT2D eigenvalue weighted by molar-refractivity contribution is -0.117. The Balaban J connectivity index is 1.99. The number of amides is 2. The zero-order valence-corrected chi connectivity index (χ0v) is 14.1. The van der Waals surface area contributed by atoms with Gasteiger partial charge < -0.3 is 16.0 Å².